The van der Waals surface area contributed by atoms with Crippen molar-refractivity contribution >= 4 is 29.2 Å². The first kappa shape index (κ1) is 20.5. The fourth-order valence-electron chi connectivity index (χ4n) is 4.51. The molecule has 28 heavy (non-hydrogen) atoms. The van der Waals surface area contributed by atoms with Gasteiger partial charge in [0.05, 0.1) is 17.4 Å². The smallest absolute Gasteiger partial charge is 0.314 e. The van der Waals surface area contributed by atoms with Crippen LogP contribution in [0.15, 0.2) is 65.2 Å². The summed E-state index contributed by atoms with van der Waals surface area (Å²) in [5, 5.41) is 19.8. The first-order chi connectivity index (χ1) is 13.2. The molecule has 2 aromatic carbocycles. The van der Waals surface area contributed by atoms with Crippen LogP contribution < -0.4 is 0 Å². The lowest BCUT2D eigenvalue weighted by atomic mass is 9.88. The summed E-state index contributed by atoms with van der Waals surface area (Å²) < 4.78 is -0.0903. The molecule has 1 unspecified atom stereocenters. The van der Waals surface area contributed by atoms with Crippen molar-refractivity contribution < 1.29 is 9.90 Å². The highest BCUT2D eigenvalue weighted by Gasteiger charge is 2.77. The second-order valence-corrected chi connectivity index (χ2v) is 8.83. The maximum absolute atomic E-state index is 12.1. The predicted molar refractivity (Wildman–Crippen MR) is 111 cm³/mol. The number of nitrogens with zero attached hydrogens (tertiary/aromatic N) is 1. The third-order valence-corrected chi connectivity index (χ3v) is 6.19. The lowest BCUT2D eigenvalue weighted by Gasteiger charge is -2.14. The molecule has 1 N–H and O–H groups in total. The van der Waals surface area contributed by atoms with Crippen LogP contribution in [0.1, 0.15) is 36.5 Å². The van der Waals surface area contributed by atoms with Gasteiger partial charge in [-0.25, -0.2) is 0 Å². The number of carbonyl (C=O) groups is 1. The molecule has 0 aromatic heterocycles. The SMILES string of the molecule is CC1(C)[C@@H](C(C#N)c2cccc(Cc3ccccc3)c2)[C@@]1(C=C(Cl)Cl)C(=O)O. The molecule has 3 rings (SSSR count). The van der Waals surface area contributed by atoms with Gasteiger partial charge < -0.3 is 5.11 Å². The summed E-state index contributed by atoms with van der Waals surface area (Å²) in [4.78, 5) is 12.1. The van der Waals surface area contributed by atoms with Crippen LogP contribution in [0, 0.1) is 28.1 Å². The van der Waals surface area contributed by atoms with Crippen molar-refractivity contribution in [2.45, 2.75) is 26.2 Å². The summed E-state index contributed by atoms with van der Waals surface area (Å²) >= 11 is 11.7. The van der Waals surface area contributed by atoms with Gasteiger partial charge in [0.15, 0.2) is 0 Å². The first-order valence-electron chi connectivity index (χ1n) is 9.03. The fraction of sp³-hybridized carbons (Fsp3) is 0.304. The topological polar surface area (TPSA) is 61.1 Å². The van der Waals surface area contributed by atoms with Gasteiger partial charge in [-0.3, -0.25) is 4.79 Å². The second-order valence-electron chi connectivity index (χ2n) is 7.82. The van der Waals surface area contributed by atoms with E-state index in [1.54, 1.807) is 0 Å². The Labute approximate surface area is 175 Å². The Morgan fingerprint density at radius 3 is 2.39 bits per heavy atom. The van der Waals surface area contributed by atoms with Gasteiger partial charge in [-0.2, -0.15) is 5.26 Å². The van der Waals surface area contributed by atoms with Gasteiger partial charge >= 0.3 is 5.97 Å². The molecule has 5 heteroatoms. The summed E-state index contributed by atoms with van der Waals surface area (Å²) in [5.74, 6) is -2.02. The molecule has 3 nitrogen and oxygen atoms in total. The number of nitriles is 1. The molecule has 3 atom stereocenters. The number of hydrogen-bond acceptors (Lipinski definition) is 2. The van der Waals surface area contributed by atoms with Gasteiger partial charge in [-0.1, -0.05) is 91.6 Å². The van der Waals surface area contributed by atoms with Crippen molar-refractivity contribution in [1.82, 2.24) is 0 Å². The van der Waals surface area contributed by atoms with Crippen LogP contribution in [-0.2, 0) is 11.2 Å². The van der Waals surface area contributed by atoms with Gasteiger partial charge in [-0.05, 0) is 34.6 Å². The molecule has 2 aromatic rings. The van der Waals surface area contributed by atoms with Crippen molar-refractivity contribution in [3.8, 4) is 6.07 Å². The quantitative estimate of drug-likeness (QED) is 0.637. The van der Waals surface area contributed by atoms with E-state index in [1.807, 2.05) is 56.3 Å². The maximum atomic E-state index is 12.1. The zero-order chi connectivity index (χ0) is 20.5. The lowest BCUT2D eigenvalue weighted by Crippen LogP contribution is -2.20. The van der Waals surface area contributed by atoms with E-state index in [2.05, 4.69) is 18.2 Å². The third-order valence-electron chi connectivity index (χ3n) is 5.98. The van der Waals surface area contributed by atoms with E-state index in [0.717, 1.165) is 17.5 Å². The van der Waals surface area contributed by atoms with E-state index in [4.69, 9.17) is 23.2 Å². The van der Waals surface area contributed by atoms with Crippen LogP contribution in [0.4, 0.5) is 0 Å². The molecule has 0 heterocycles. The molecule has 0 saturated heterocycles. The molecular weight excluding hydrogens is 393 g/mol. The van der Waals surface area contributed by atoms with E-state index in [1.165, 1.54) is 11.6 Å². The van der Waals surface area contributed by atoms with Crippen LogP contribution in [-0.4, -0.2) is 11.1 Å². The van der Waals surface area contributed by atoms with Crippen LogP contribution in [0.3, 0.4) is 0 Å². The summed E-state index contributed by atoms with van der Waals surface area (Å²) in [7, 11) is 0. The molecular formula is C23H21Cl2NO2. The monoisotopic (exact) mass is 413 g/mol. The highest BCUT2D eigenvalue weighted by atomic mass is 35.5. The number of carboxylic acids is 1. The molecule has 0 radical (unpaired) electrons. The Morgan fingerprint density at radius 1 is 1.18 bits per heavy atom. The van der Waals surface area contributed by atoms with Gasteiger partial charge in [0.25, 0.3) is 0 Å². The number of carboxylic acid groups (broad SMARTS) is 1. The fourth-order valence-corrected chi connectivity index (χ4v) is 4.85. The molecule has 0 aliphatic heterocycles. The number of hydrogen-bond donors (Lipinski definition) is 1. The molecule has 0 amide bonds. The molecule has 0 spiro atoms. The van der Waals surface area contributed by atoms with E-state index in [0.29, 0.717) is 0 Å². The largest absolute Gasteiger partial charge is 0.481 e. The van der Waals surface area contributed by atoms with Crippen molar-refractivity contribution in [3.63, 3.8) is 0 Å². The minimum atomic E-state index is -1.26. The van der Waals surface area contributed by atoms with E-state index >= 15 is 0 Å². The highest BCUT2D eigenvalue weighted by Crippen LogP contribution is 2.74. The standard InChI is InChI=1S/C23H21Cl2NO2/c1-22(2)20(23(22,21(27)28)13-19(24)25)18(14-26)17-10-6-9-16(12-17)11-15-7-4-3-5-8-15/h3-10,12-13,18,20H,11H2,1-2H3,(H,27,28)/t18?,20-,23+/m1/s1. The van der Waals surface area contributed by atoms with Crippen LogP contribution >= 0.6 is 23.2 Å². The van der Waals surface area contributed by atoms with Gasteiger partial charge in [0.2, 0.25) is 0 Å². The van der Waals surface area contributed by atoms with E-state index in [-0.39, 0.29) is 4.49 Å². The Balaban J connectivity index is 1.96. The van der Waals surface area contributed by atoms with Gasteiger partial charge in [-0.15, -0.1) is 0 Å². The molecule has 1 aliphatic rings. The zero-order valence-electron chi connectivity index (χ0n) is 15.7. The average Bonchev–Trinajstić information content (AvgIpc) is 3.12. The van der Waals surface area contributed by atoms with Gasteiger partial charge in [0, 0.05) is 5.92 Å². The number of rotatable bonds is 6. The summed E-state index contributed by atoms with van der Waals surface area (Å²) in [6.07, 6.45) is 2.12. The normalized spacial score (nSPS) is 23.3. The Hall–Kier alpha value is -2.28. The average molecular weight is 414 g/mol. The Bertz CT molecular complexity index is 958. The zero-order valence-corrected chi connectivity index (χ0v) is 17.2. The summed E-state index contributed by atoms with van der Waals surface area (Å²) in [6.45, 7) is 3.69. The van der Waals surface area contributed by atoms with Crippen LogP contribution in [0.2, 0.25) is 0 Å². The number of benzene rings is 2. The molecule has 1 aliphatic carbocycles. The van der Waals surface area contributed by atoms with Crippen LogP contribution in [0.25, 0.3) is 0 Å². The van der Waals surface area contributed by atoms with Crippen molar-refractivity contribution in [1.29, 1.82) is 5.26 Å². The van der Waals surface area contributed by atoms with E-state index in [9.17, 15) is 15.2 Å². The first-order valence-corrected chi connectivity index (χ1v) is 9.79. The van der Waals surface area contributed by atoms with Crippen molar-refractivity contribution in [3.05, 3.63) is 81.9 Å². The van der Waals surface area contributed by atoms with Crippen LogP contribution in [0.5, 0.6) is 0 Å². The minimum Gasteiger partial charge on any atom is -0.481 e. The Kier molecular flexibility index (Phi) is 5.57. The number of aliphatic carboxylic acids is 1. The Morgan fingerprint density at radius 2 is 1.82 bits per heavy atom. The summed E-state index contributed by atoms with van der Waals surface area (Å²) in [6, 6.07) is 20.2. The number of halogens is 2. The summed E-state index contributed by atoms with van der Waals surface area (Å²) in [5.41, 5.74) is 1.16. The van der Waals surface area contributed by atoms with E-state index < -0.39 is 28.6 Å². The minimum absolute atomic E-state index is 0.0903. The van der Waals surface area contributed by atoms with Crippen molar-refractivity contribution in [2.24, 2.45) is 16.7 Å². The van der Waals surface area contributed by atoms with Crippen molar-refractivity contribution in [2.75, 3.05) is 0 Å². The maximum Gasteiger partial charge on any atom is 0.314 e. The highest BCUT2D eigenvalue weighted by molar-refractivity contribution is 6.56. The second kappa shape index (κ2) is 7.62. The lowest BCUT2D eigenvalue weighted by molar-refractivity contribution is -0.143. The molecule has 0 bridgehead atoms. The predicted octanol–water partition coefficient (Wildman–Crippen LogP) is 5.93. The molecule has 1 saturated carbocycles. The molecule has 144 valence electrons. The molecule has 1 fully saturated rings. The van der Waals surface area contributed by atoms with Gasteiger partial charge in [0.1, 0.15) is 4.49 Å². The third kappa shape index (κ3) is 3.43.